The van der Waals surface area contributed by atoms with Gasteiger partial charge in [-0.15, -0.1) is 11.3 Å². The summed E-state index contributed by atoms with van der Waals surface area (Å²) in [5.41, 5.74) is 0. The van der Waals surface area contributed by atoms with Crippen LogP contribution < -0.4 is 5.32 Å². The quantitative estimate of drug-likeness (QED) is 0.697. The van der Waals surface area contributed by atoms with E-state index in [1.165, 1.54) is 43.4 Å². The Morgan fingerprint density at radius 2 is 2.00 bits per heavy atom. The first-order valence-electron chi connectivity index (χ1n) is 6.27. The lowest BCUT2D eigenvalue weighted by Crippen LogP contribution is -2.23. The molecule has 0 atom stereocenters. The van der Waals surface area contributed by atoms with Crippen molar-refractivity contribution in [3.63, 3.8) is 0 Å². The molecule has 0 aliphatic rings. The molecular weight excluding hydrogens is 298 g/mol. The third-order valence-electron chi connectivity index (χ3n) is 2.64. The highest BCUT2D eigenvalue weighted by molar-refractivity contribution is 9.10. The van der Waals surface area contributed by atoms with Gasteiger partial charge < -0.3 is 5.32 Å². The van der Waals surface area contributed by atoms with Gasteiger partial charge in [-0.1, -0.05) is 39.0 Å². The molecule has 1 heterocycles. The number of nitrogens with one attached hydrogen (secondary N) is 1. The van der Waals surface area contributed by atoms with E-state index in [0.29, 0.717) is 0 Å². The summed E-state index contributed by atoms with van der Waals surface area (Å²) in [4.78, 5) is 12.5. The second-order valence-electron chi connectivity index (χ2n) is 4.12. The summed E-state index contributed by atoms with van der Waals surface area (Å²) in [6, 6.07) is 1.91. The largest absolute Gasteiger partial charge is 0.351 e. The molecule has 2 nitrogen and oxygen atoms in total. The molecule has 4 heteroatoms. The van der Waals surface area contributed by atoms with Gasteiger partial charge in [-0.25, -0.2) is 0 Å². The first-order chi connectivity index (χ1) is 8.25. The third-order valence-corrected chi connectivity index (χ3v) is 4.48. The third kappa shape index (κ3) is 5.68. The van der Waals surface area contributed by atoms with Gasteiger partial charge in [-0.3, -0.25) is 4.79 Å². The van der Waals surface area contributed by atoms with E-state index in [1.54, 1.807) is 0 Å². The van der Waals surface area contributed by atoms with E-state index in [9.17, 15) is 4.79 Å². The maximum absolute atomic E-state index is 11.7. The zero-order valence-corrected chi connectivity index (χ0v) is 12.7. The summed E-state index contributed by atoms with van der Waals surface area (Å²) in [5.74, 6) is 0.0421. The molecule has 0 saturated heterocycles. The molecule has 1 N–H and O–H groups in total. The van der Waals surface area contributed by atoms with Gasteiger partial charge >= 0.3 is 0 Å². The maximum Gasteiger partial charge on any atom is 0.262 e. The Morgan fingerprint density at radius 3 is 2.65 bits per heavy atom. The minimum atomic E-state index is 0.0421. The molecule has 1 aromatic heterocycles. The molecular formula is C13H20BrNOS. The van der Waals surface area contributed by atoms with E-state index >= 15 is 0 Å². The Hall–Kier alpha value is -0.350. The molecule has 1 rings (SSSR count). The van der Waals surface area contributed by atoms with Gasteiger partial charge in [0, 0.05) is 11.0 Å². The van der Waals surface area contributed by atoms with Crippen molar-refractivity contribution < 1.29 is 4.79 Å². The van der Waals surface area contributed by atoms with E-state index in [1.807, 2.05) is 11.4 Å². The van der Waals surface area contributed by atoms with Crippen LogP contribution in [0, 0.1) is 0 Å². The standard InChI is InChI=1S/C13H20BrNOS/c1-2-3-4-5-6-7-9-15-13(16)12-11(14)8-10-17-12/h8,10H,2-7,9H2,1H3,(H,15,16). The maximum atomic E-state index is 11.7. The number of carbonyl (C=O) groups excluding carboxylic acids is 1. The van der Waals surface area contributed by atoms with Crippen LogP contribution in [-0.4, -0.2) is 12.5 Å². The number of halogens is 1. The van der Waals surface area contributed by atoms with Crippen molar-refractivity contribution >= 4 is 33.2 Å². The smallest absolute Gasteiger partial charge is 0.262 e. The Balaban J connectivity index is 2.07. The molecule has 0 aliphatic heterocycles. The number of rotatable bonds is 8. The second kappa shape index (κ2) is 8.70. The van der Waals surface area contributed by atoms with Gasteiger partial charge in [-0.05, 0) is 33.8 Å². The Kier molecular flexibility index (Phi) is 7.53. The van der Waals surface area contributed by atoms with Gasteiger partial charge in [0.15, 0.2) is 0 Å². The Labute approximate surface area is 116 Å². The van der Waals surface area contributed by atoms with E-state index in [-0.39, 0.29) is 5.91 Å². The summed E-state index contributed by atoms with van der Waals surface area (Å²) in [6.07, 6.45) is 7.51. The van der Waals surface area contributed by atoms with Crippen molar-refractivity contribution in [3.8, 4) is 0 Å². The van der Waals surface area contributed by atoms with E-state index in [0.717, 1.165) is 22.3 Å². The average Bonchev–Trinajstić information content (AvgIpc) is 2.74. The predicted octanol–water partition coefficient (Wildman–Crippen LogP) is 4.60. The normalized spacial score (nSPS) is 10.5. The van der Waals surface area contributed by atoms with Gasteiger partial charge in [0.2, 0.25) is 0 Å². The molecule has 96 valence electrons. The van der Waals surface area contributed by atoms with Gasteiger partial charge in [0.25, 0.3) is 5.91 Å². The van der Waals surface area contributed by atoms with E-state index in [4.69, 9.17) is 0 Å². The topological polar surface area (TPSA) is 29.1 Å². The summed E-state index contributed by atoms with van der Waals surface area (Å²) >= 11 is 4.84. The van der Waals surface area contributed by atoms with Crippen LogP contribution in [0.5, 0.6) is 0 Å². The highest BCUT2D eigenvalue weighted by atomic mass is 79.9. The summed E-state index contributed by atoms with van der Waals surface area (Å²) < 4.78 is 0.892. The molecule has 0 saturated carbocycles. The number of unbranched alkanes of at least 4 members (excludes halogenated alkanes) is 5. The zero-order valence-electron chi connectivity index (χ0n) is 10.3. The highest BCUT2D eigenvalue weighted by Crippen LogP contribution is 2.22. The molecule has 1 amide bonds. The highest BCUT2D eigenvalue weighted by Gasteiger charge is 2.09. The summed E-state index contributed by atoms with van der Waals surface area (Å²) in [6.45, 7) is 3.01. The Morgan fingerprint density at radius 1 is 1.29 bits per heavy atom. The first kappa shape index (κ1) is 14.7. The van der Waals surface area contributed by atoms with Crippen LogP contribution in [0.1, 0.15) is 55.1 Å². The number of thiophene rings is 1. The van der Waals surface area contributed by atoms with Crippen molar-refractivity contribution in [3.05, 3.63) is 20.8 Å². The minimum absolute atomic E-state index is 0.0421. The number of amides is 1. The lowest BCUT2D eigenvalue weighted by atomic mass is 10.1. The first-order valence-corrected chi connectivity index (χ1v) is 7.94. The molecule has 0 bridgehead atoms. The van der Waals surface area contributed by atoms with Crippen molar-refractivity contribution in [2.24, 2.45) is 0 Å². The van der Waals surface area contributed by atoms with Crippen LogP contribution in [0.4, 0.5) is 0 Å². The molecule has 0 aliphatic carbocycles. The summed E-state index contributed by atoms with van der Waals surface area (Å²) in [5, 5.41) is 4.88. The van der Waals surface area contributed by atoms with Crippen LogP contribution in [0.3, 0.4) is 0 Å². The van der Waals surface area contributed by atoms with Crippen LogP contribution in [-0.2, 0) is 0 Å². The SMILES string of the molecule is CCCCCCCCNC(=O)c1sccc1Br. The lowest BCUT2D eigenvalue weighted by Gasteiger charge is -2.04. The van der Waals surface area contributed by atoms with Crippen molar-refractivity contribution in [1.82, 2.24) is 5.32 Å². The molecule has 0 radical (unpaired) electrons. The van der Waals surface area contributed by atoms with Gasteiger partial charge in [0.1, 0.15) is 4.88 Å². The fraction of sp³-hybridized carbons (Fsp3) is 0.615. The van der Waals surface area contributed by atoms with Crippen LogP contribution in [0.2, 0.25) is 0 Å². The van der Waals surface area contributed by atoms with Crippen molar-refractivity contribution in [2.75, 3.05) is 6.54 Å². The number of carbonyl (C=O) groups is 1. The molecule has 17 heavy (non-hydrogen) atoms. The monoisotopic (exact) mass is 317 g/mol. The fourth-order valence-corrected chi connectivity index (χ4v) is 3.11. The minimum Gasteiger partial charge on any atom is -0.351 e. The molecule has 0 unspecified atom stereocenters. The van der Waals surface area contributed by atoms with Crippen LogP contribution in [0.15, 0.2) is 15.9 Å². The fourth-order valence-electron chi connectivity index (χ4n) is 1.64. The zero-order chi connectivity index (χ0) is 12.5. The molecule has 1 aromatic rings. The van der Waals surface area contributed by atoms with E-state index in [2.05, 4.69) is 28.2 Å². The average molecular weight is 318 g/mol. The van der Waals surface area contributed by atoms with Gasteiger partial charge in [0.05, 0.1) is 0 Å². The molecule has 0 fully saturated rings. The Bertz CT molecular complexity index is 338. The van der Waals surface area contributed by atoms with Gasteiger partial charge in [-0.2, -0.15) is 0 Å². The number of hydrogen-bond donors (Lipinski definition) is 1. The second-order valence-corrected chi connectivity index (χ2v) is 5.89. The van der Waals surface area contributed by atoms with E-state index < -0.39 is 0 Å². The summed E-state index contributed by atoms with van der Waals surface area (Å²) in [7, 11) is 0. The van der Waals surface area contributed by atoms with Crippen molar-refractivity contribution in [2.45, 2.75) is 45.4 Å². The number of hydrogen-bond acceptors (Lipinski definition) is 2. The lowest BCUT2D eigenvalue weighted by molar-refractivity contribution is 0.0956. The molecule has 0 spiro atoms. The van der Waals surface area contributed by atoms with Crippen LogP contribution in [0.25, 0.3) is 0 Å². The van der Waals surface area contributed by atoms with Crippen LogP contribution >= 0.6 is 27.3 Å². The predicted molar refractivity (Wildman–Crippen MR) is 77.7 cm³/mol. The molecule has 0 aromatic carbocycles. The van der Waals surface area contributed by atoms with Crippen molar-refractivity contribution in [1.29, 1.82) is 0 Å².